The molecular weight excluding hydrogens is 1780 g/mol. The maximum atomic E-state index is 13.4. The number of halogens is 1. The number of hydrogen-bond donors (Lipinski definition) is 9. The van der Waals surface area contributed by atoms with Crippen LogP contribution in [0.1, 0.15) is 131 Å². The lowest BCUT2D eigenvalue weighted by molar-refractivity contribution is -0.126. The van der Waals surface area contributed by atoms with Gasteiger partial charge in [0.05, 0.1) is 156 Å². The Bertz CT molecular complexity index is 4970. The van der Waals surface area contributed by atoms with E-state index in [0.29, 0.717) is 148 Å². The zero-order chi connectivity index (χ0) is 97.1. The topological polar surface area (TPSA) is 448 Å². The van der Waals surface area contributed by atoms with E-state index in [4.69, 9.17) is 68.4 Å². The van der Waals surface area contributed by atoms with Crippen molar-refractivity contribution in [3.63, 3.8) is 0 Å². The number of ether oxygens (including phenoxy) is 12. The summed E-state index contributed by atoms with van der Waals surface area (Å²) in [5.41, 5.74) is 5.85. The number of hydrogen-bond acceptors (Lipinski definition) is 27. The Morgan fingerprint density at radius 3 is 1.35 bits per heavy atom. The lowest BCUT2D eigenvalue weighted by atomic mass is 9.88. The van der Waals surface area contributed by atoms with Gasteiger partial charge in [-0.15, -0.1) is 0 Å². The summed E-state index contributed by atoms with van der Waals surface area (Å²) in [6.07, 6.45) is 8.26. The molecule has 3 aliphatic heterocycles. The van der Waals surface area contributed by atoms with Crippen molar-refractivity contribution in [3.8, 4) is 11.1 Å². The first-order valence-electron chi connectivity index (χ1n) is 46.2. The van der Waals surface area contributed by atoms with Gasteiger partial charge >= 0.3 is 6.09 Å². The van der Waals surface area contributed by atoms with Crippen LogP contribution in [-0.4, -0.2) is 338 Å². The van der Waals surface area contributed by atoms with Crippen molar-refractivity contribution in [2.45, 2.75) is 84.4 Å². The minimum absolute atomic E-state index is 0.00669. The number of nitrogens with zero attached hydrogens (tertiary/aromatic N) is 10. The fourth-order valence-electron chi connectivity index (χ4n) is 15.2. The molecule has 3 aromatic carbocycles. The highest BCUT2D eigenvalue weighted by Gasteiger charge is 2.34. The number of amides is 10. The Morgan fingerprint density at radius 2 is 0.868 bits per heavy atom. The number of likely N-dealkylation sites (tertiary alicyclic amines) is 1. The van der Waals surface area contributed by atoms with Gasteiger partial charge in [0, 0.05) is 179 Å². The molecule has 41 nitrogen and oxygen atoms in total. The minimum atomic E-state index is -0.629. The number of anilines is 6. The van der Waals surface area contributed by atoms with Crippen LogP contribution in [0.4, 0.5) is 39.2 Å². The zero-order valence-corrected chi connectivity index (χ0v) is 80.2. The fraction of sp³-hybridized carbons (Fsp3) is 0.553. The second-order valence-electron chi connectivity index (χ2n) is 34.0. The smallest absolute Gasteiger partial charge is 0.410 e. The monoisotopic (exact) mass is 1920 g/mol. The maximum Gasteiger partial charge on any atom is 0.410 e. The summed E-state index contributed by atoms with van der Waals surface area (Å²) in [5, 5.41) is 26.0. The van der Waals surface area contributed by atoms with E-state index in [0.717, 1.165) is 99.7 Å². The highest BCUT2D eigenvalue weighted by atomic mass is 35.5. The summed E-state index contributed by atoms with van der Waals surface area (Å²) in [6.45, 7) is 24.8. The van der Waals surface area contributed by atoms with E-state index in [1.54, 1.807) is 58.0 Å². The first kappa shape index (κ1) is 107. The third-order valence-electron chi connectivity index (χ3n) is 22.1. The van der Waals surface area contributed by atoms with E-state index in [2.05, 4.69) is 80.6 Å². The summed E-state index contributed by atoms with van der Waals surface area (Å²) < 4.78 is 73.0. The van der Waals surface area contributed by atoms with Gasteiger partial charge in [0.25, 0.3) is 29.5 Å². The molecule has 0 aliphatic carbocycles. The van der Waals surface area contributed by atoms with Crippen molar-refractivity contribution >= 4 is 105 Å². The number of aromatic nitrogens is 6. The van der Waals surface area contributed by atoms with Gasteiger partial charge in [-0.2, -0.15) is 0 Å². The van der Waals surface area contributed by atoms with Crippen molar-refractivity contribution in [2.75, 3.05) is 255 Å². The van der Waals surface area contributed by atoms with Crippen LogP contribution in [0.3, 0.4) is 0 Å². The van der Waals surface area contributed by atoms with Crippen LogP contribution in [-0.2, 0) is 104 Å². The van der Waals surface area contributed by atoms with Crippen molar-refractivity contribution < 1.29 is 105 Å². The van der Waals surface area contributed by atoms with Crippen LogP contribution < -0.4 is 52.8 Å². The van der Waals surface area contributed by atoms with Gasteiger partial charge in [-0.25, -0.2) is 14.8 Å². The van der Waals surface area contributed by atoms with E-state index in [-0.39, 0.29) is 129 Å². The molecule has 7 heterocycles. The number of carbonyl (C=O) groups excluding carboxylic acids is 10. The molecule has 9 N–H and O–H groups in total. The molecule has 2 saturated heterocycles. The number of rotatable bonds is 58. The fourth-order valence-corrected chi connectivity index (χ4v) is 15.4. The summed E-state index contributed by atoms with van der Waals surface area (Å²) in [5.74, 6) is -3.03. The molecular formula is C94H134ClN19O22. The van der Waals surface area contributed by atoms with E-state index in [1.807, 2.05) is 79.1 Å². The predicted molar refractivity (Wildman–Crippen MR) is 509 cm³/mol. The van der Waals surface area contributed by atoms with Crippen LogP contribution in [0.5, 0.6) is 0 Å². The van der Waals surface area contributed by atoms with Crippen molar-refractivity contribution in [2.24, 2.45) is 34.1 Å². The number of imidazole rings is 2. The third-order valence-corrected chi connectivity index (χ3v) is 22.4. The van der Waals surface area contributed by atoms with Crippen LogP contribution in [0.15, 0.2) is 104 Å². The van der Waals surface area contributed by atoms with Crippen LogP contribution in [0, 0.1) is 5.92 Å². The normalized spacial score (nSPS) is 14.8. The number of piperidine rings is 1. The van der Waals surface area contributed by atoms with Gasteiger partial charge in [-0.05, 0) is 130 Å². The van der Waals surface area contributed by atoms with Gasteiger partial charge in [0.1, 0.15) is 23.6 Å². The Morgan fingerprint density at radius 1 is 0.434 bits per heavy atom. The number of benzene rings is 3. The molecule has 7 aromatic rings. The second kappa shape index (κ2) is 56.4. The van der Waals surface area contributed by atoms with Crippen LogP contribution >= 0.6 is 11.6 Å². The first-order valence-corrected chi connectivity index (χ1v) is 46.5. The third kappa shape index (κ3) is 36.6. The summed E-state index contributed by atoms with van der Waals surface area (Å²) in [7, 11) is 6.41. The summed E-state index contributed by atoms with van der Waals surface area (Å²) in [4.78, 5) is 146. The molecule has 2 fully saturated rings. The van der Waals surface area contributed by atoms with E-state index < -0.39 is 47.0 Å². The highest BCUT2D eigenvalue weighted by Crippen LogP contribution is 2.42. The molecule has 0 unspecified atom stereocenters. The lowest BCUT2D eigenvalue weighted by Crippen LogP contribution is -2.50. The quantitative estimate of drug-likeness (QED) is 0.0178. The molecule has 10 rings (SSSR count). The average Bonchev–Trinajstić information content (AvgIpc) is 1.55. The van der Waals surface area contributed by atoms with Crippen LogP contribution in [0.2, 0.25) is 5.02 Å². The first-order chi connectivity index (χ1) is 65.6. The van der Waals surface area contributed by atoms with E-state index >= 15 is 0 Å². The number of carbonyl (C=O) groups is 10. The Hall–Kier alpha value is -11.3. The van der Waals surface area contributed by atoms with Gasteiger partial charge in [-0.3, -0.25) is 48.1 Å². The van der Waals surface area contributed by atoms with Crippen molar-refractivity contribution in [1.29, 1.82) is 0 Å². The van der Waals surface area contributed by atoms with Crippen molar-refractivity contribution in [3.05, 3.63) is 143 Å². The predicted octanol–water partition coefficient (Wildman–Crippen LogP) is 6.76. The lowest BCUT2D eigenvalue weighted by Gasteiger charge is -2.39. The van der Waals surface area contributed by atoms with Crippen molar-refractivity contribution in [1.82, 2.24) is 64.2 Å². The number of piperazine rings is 1. The standard InChI is InChI=1S/C94H134ClN19O22/c1-66-56-77(100-73-17-15-72(95)16-18-73)76-57-71(14-19-78(76)114(66)67(2)115)69-10-12-70(13-11-69)88(119)98-26-35-125-38-41-128-44-46-130-48-50-132-52-53-133-51-49-131-47-45-129-42-39-126-36-27-99-90(121)80-59-75(62-108(80)7)102-92(123)87-106-82(64-110(87)9)104-84(117)21-25-97-89(120)79-58-74(61-107(79)6)101-91(122)86-105-81(63-109(86)8)103-83(116)20-24-96-85(118)65-135-55-54-134-43-40-127-37-34-111-30-32-112(33-31-111)60-68-22-28-113(29-23-68)93(124)136-94(3,4)5/h10-19,57-59,61-64,66,68,77,100H,20-56,60,65H2,1-9H3,(H,96,118)(H,97,120)(H,98,119)(H,99,121)(H,101,122)(H,102,123)(H,103,116)(H,104,117)/t66-,77+/m0/s1. The Kier molecular flexibility index (Phi) is 44.3. The molecule has 3 aliphatic rings. The van der Waals surface area contributed by atoms with E-state index in [1.165, 1.54) is 44.4 Å². The molecule has 0 spiro atoms. The van der Waals surface area contributed by atoms with E-state index in [9.17, 15) is 47.9 Å². The Balaban J connectivity index is 0.469. The zero-order valence-electron chi connectivity index (χ0n) is 79.5. The number of aryl methyl sites for hydroxylation is 4. The maximum absolute atomic E-state index is 13.4. The molecule has 42 heteroatoms. The van der Waals surface area contributed by atoms with Gasteiger partial charge in [0.2, 0.25) is 35.3 Å². The average molecular weight is 1920 g/mol. The summed E-state index contributed by atoms with van der Waals surface area (Å²) >= 11 is 6.14. The summed E-state index contributed by atoms with van der Waals surface area (Å²) in [6, 6.07) is 24.1. The highest BCUT2D eigenvalue weighted by molar-refractivity contribution is 6.30. The van der Waals surface area contributed by atoms with Gasteiger partial charge in [-0.1, -0.05) is 29.8 Å². The molecule has 0 saturated carbocycles. The largest absolute Gasteiger partial charge is 0.444 e. The molecule has 0 radical (unpaired) electrons. The van der Waals surface area contributed by atoms with Gasteiger partial charge < -0.3 is 138 Å². The van der Waals surface area contributed by atoms with Gasteiger partial charge in [0.15, 0.2) is 11.6 Å². The minimum Gasteiger partial charge on any atom is -0.444 e. The molecule has 744 valence electrons. The second-order valence-corrected chi connectivity index (χ2v) is 34.4. The molecule has 4 aromatic heterocycles. The Labute approximate surface area is 798 Å². The van der Waals surface area contributed by atoms with Crippen LogP contribution in [0.25, 0.3) is 11.1 Å². The number of nitrogens with one attached hydrogen (secondary N) is 9. The molecule has 0 bridgehead atoms. The molecule has 136 heavy (non-hydrogen) atoms. The number of fused-ring (bicyclic) bond motifs is 1. The SMILES string of the molecule is CC(=O)N1c2ccc(-c3ccc(C(=O)NCCOCCOCCOCCOCCOCCOCCOCCOCCNC(=O)c4cc(NC(=O)c5nc(NC(=O)CCNC(=O)c6cc(NC(=O)c7nc(NC(=O)CCNC(=O)COCCOCCOCCN8CCN(CC9CCN(C(=O)OC(C)(C)C)CC9)CC8)cn7C)cn6C)cn5C)cn4C)cc3)cc2[C@H](Nc2ccc(Cl)cc2)C[C@@H]1C. The molecule has 10 amide bonds. The molecule has 2 atom stereocenters.